The minimum Gasteiger partial charge on any atom is -0.378 e. The molecule has 0 saturated carbocycles. The topological polar surface area (TPSA) is 12.0 Å². The Labute approximate surface area is 129 Å². The average molecular weight is 359 g/mol. The first kappa shape index (κ1) is 13.8. The second-order valence-electron chi connectivity index (χ2n) is 4.91. The highest BCUT2D eigenvalue weighted by Gasteiger charge is 2.23. The van der Waals surface area contributed by atoms with Gasteiger partial charge < -0.3 is 5.32 Å². The van der Waals surface area contributed by atoms with Gasteiger partial charge in [0.2, 0.25) is 0 Å². The number of hydrogen-bond donors (Lipinski definition) is 1. The Kier molecular flexibility index (Phi) is 3.69. The Morgan fingerprint density at radius 3 is 2.60 bits per heavy atom. The highest BCUT2D eigenvalue weighted by molar-refractivity contribution is 9.10. The molecule has 1 nitrogen and oxygen atoms in total. The molecule has 0 spiro atoms. The van der Waals surface area contributed by atoms with Crippen molar-refractivity contribution in [3.63, 3.8) is 0 Å². The fourth-order valence-corrected chi connectivity index (χ4v) is 3.29. The molecule has 20 heavy (non-hydrogen) atoms. The third kappa shape index (κ3) is 2.67. The molecule has 2 aromatic carbocycles. The molecule has 0 heterocycles. The molecule has 0 aromatic heterocycles. The number of nitrogens with one attached hydrogen (secondary N) is 1. The summed E-state index contributed by atoms with van der Waals surface area (Å²) in [6.07, 6.45) is 1.58. The van der Waals surface area contributed by atoms with Crippen LogP contribution in [0, 0.1) is 11.6 Å². The predicted molar refractivity (Wildman–Crippen MR) is 80.3 cm³/mol. The zero-order chi connectivity index (χ0) is 14.3. The molecule has 104 valence electrons. The molecule has 0 fully saturated rings. The van der Waals surface area contributed by atoms with E-state index in [1.165, 1.54) is 17.2 Å². The number of anilines is 1. The fourth-order valence-electron chi connectivity index (χ4n) is 2.57. The van der Waals surface area contributed by atoms with Crippen molar-refractivity contribution in [1.82, 2.24) is 0 Å². The van der Waals surface area contributed by atoms with Crippen LogP contribution < -0.4 is 5.32 Å². The SMILES string of the molecule is Fc1cc(F)c(NC2Cc3ccc(Cl)cc3C2)c(Br)c1. The standard InChI is InChI=1S/C15H11BrClF2N/c16-13-6-11(18)7-14(19)15(13)20-12-4-8-1-2-10(17)3-9(8)5-12/h1-3,6-7,12,20H,4-5H2. The summed E-state index contributed by atoms with van der Waals surface area (Å²) in [5, 5.41) is 3.85. The van der Waals surface area contributed by atoms with Crippen LogP contribution in [0.3, 0.4) is 0 Å². The Morgan fingerprint density at radius 2 is 1.85 bits per heavy atom. The van der Waals surface area contributed by atoms with Crippen LogP contribution in [0.4, 0.5) is 14.5 Å². The Morgan fingerprint density at radius 1 is 1.10 bits per heavy atom. The van der Waals surface area contributed by atoms with Crippen LogP contribution in [0.15, 0.2) is 34.8 Å². The van der Waals surface area contributed by atoms with E-state index in [-0.39, 0.29) is 6.04 Å². The molecule has 5 heteroatoms. The van der Waals surface area contributed by atoms with Gasteiger partial charge in [0.05, 0.1) is 5.69 Å². The van der Waals surface area contributed by atoms with Crippen molar-refractivity contribution in [1.29, 1.82) is 0 Å². The number of halogens is 4. The lowest BCUT2D eigenvalue weighted by atomic mass is 10.1. The van der Waals surface area contributed by atoms with Gasteiger partial charge in [-0.2, -0.15) is 0 Å². The van der Waals surface area contributed by atoms with Gasteiger partial charge >= 0.3 is 0 Å². The van der Waals surface area contributed by atoms with Crippen molar-refractivity contribution in [2.75, 3.05) is 5.32 Å². The van der Waals surface area contributed by atoms with Crippen LogP contribution in [0.25, 0.3) is 0 Å². The van der Waals surface area contributed by atoms with Crippen LogP contribution in [-0.2, 0) is 12.8 Å². The van der Waals surface area contributed by atoms with Crippen LogP contribution >= 0.6 is 27.5 Å². The lowest BCUT2D eigenvalue weighted by Gasteiger charge is -2.16. The van der Waals surface area contributed by atoms with E-state index in [2.05, 4.69) is 21.2 Å². The van der Waals surface area contributed by atoms with Crippen molar-refractivity contribution in [3.8, 4) is 0 Å². The van der Waals surface area contributed by atoms with Gasteiger partial charge in [0, 0.05) is 21.6 Å². The number of fused-ring (bicyclic) bond motifs is 1. The van der Waals surface area contributed by atoms with Crippen molar-refractivity contribution in [3.05, 3.63) is 62.6 Å². The molecule has 2 aromatic rings. The van der Waals surface area contributed by atoms with Gasteiger partial charge in [-0.3, -0.25) is 0 Å². The van der Waals surface area contributed by atoms with Gasteiger partial charge in [-0.1, -0.05) is 17.7 Å². The van der Waals surface area contributed by atoms with E-state index in [4.69, 9.17) is 11.6 Å². The molecule has 1 N–H and O–H groups in total. The van der Waals surface area contributed by atoms with Crippen LogP contribution in [0.5, 0.6) is 0 Å². The average Bonchev–Trinajstić information content (AvgIpc) is 2.75. The summed E-state index contributed by atoms with van der Waals surface area (Å²) in [5.41, 5.74) is 2.69. The van der Waals surface area contributed by atoms with E-state index in [9.17, 15) is 8.78 Å². The van der Waals surface area contributed by atoms with Crippen LogP contribution in [-0.4, -0.2) is 6.04 Å². The minimum atomic E-state index is -0.596. The molecule has 0 saturated heterocycles. The van der Waals surface area contributed by atoms with Gasteiger partial charge in [-0.05, 0) is 58.1 Å². The molecule has 0 bridgehead atoms. The molecule has 1 aliphatic rings. The number of benzene rings is 2. The van der Waals surface area contributed by atoms with Crippen molar-refractivity contribution in [2.45, 2.75) is 18.9 Å². The van der Waals surface area contributed by atoms with E-state index in [1.54, 1.807) is 0 Å². The number of rotatable bonds is 2. The van der Waals surface area contributed by atoms with Gasteiger partial charge in [-0.25, -0.2) is 8.78 Å². The maximum Gasteiger partial charge on any atom is 0.150 e. The highest BCUT2D eigenvalue weighted by atomic mass is 79.9. The molecule has 0 amide bonds. The fraction of sp³-hybridized carbons (Fsp3) is 0.200. The summed E-state index contributed by atoms with van der Waals surface area (Å²) in [5.74, 6) is -1.19. The molecule has 1 aliphatic carbocycles. The van der Waals surface area contributed by atoms with Gasteiger partial charge in [0.15, 0.2) is 0 Å². The molecule has 1 atom stereocenters. The first-order chi connectivity index (χ1) is 9.52. The second kappa shape index (κ2) is 5.34. The lowest BCUT2D eigenvalue weighted by molar-refractivity contribution is 0.581. The van der Waals surface area contributed by atoms with E-state index < -0.39 is 11.6 Å². The molecule has 3 rings (SSSR count). The zero-order valence-corrected chi connectivity index (χ0v) is 12.7. The normalized spacial score (nSPS) is 17.1. The summed E-state index contributed by atoms with van der Waals surface area (Å²) in [6, 6.07) is 8.01. The summed E-state index contributed by atoms with van der Waals surface area (Å²) in [4.78, 5) is 0. The van der Waals surface area contributed by atoms with Crippen molar-refractivity contribution < 1.29 is 8.78 Å². The monoisotopic (exact) mass is 357 g/mol. The predicted octanol–water partition coefficient (Wildman–Crippen LogP) is 4.96. The Hall–Kier alpha value is -1.13. The van der Waals surface area contributed by atoms with Gasteiger partial charge in [0.1, 0.15) is 11.6 Å². The van der Waals surface area contributed by atoms with E-state index in [0.717, 1.165) is 18.9 Å². The Bertz CT molecular complexity index is 652. The van der Waals surface area contributed by atoms with E-state index in [0.29, 0.717) is 15.2 Å². The molecule has 0 aliphatic heterocycles. The lowest BCUT2D eigenvalue weighted by Crippen LogP contribution is -2.20. The van der Waals surface area contributed by atoms with Crippen LogP contribution in [0.1, 0.15) is 11.1 Å². The summed E-state index contributed by atoms with van der Waals surface area (Å²) in [7, 11) is 0. The van der Waals surface area contributed by atoms with Gasteiger partial charge in [-0.15, -0.1) is 0 Å². The maximum absolute atomic E-state index is 13.8. The summed E-state index contributed by atoms with van der Waals surface area (Å²) in [6.45, 7) is 0. The maximum atomic E-state index is 13.8. The molecular weight excluding hydrogens is 348 g/mol. The molecular formula is C15H11BrClF2N. The third-order valence-electron chi connectivity index (χ3n) is 3.46. The molecule has 1 unspecified atom stereocenters. The first-order valence-corrected chi connectivity index (χ1v) is 7.38. The highest BCUT2D eigenvalue weighted by Crippen LogP contribution is 2.31. The van der Waals surface area contributed by atoms with Crippen molar-refractivity contribution >= 4 is 33.2 Å². The quantitative estimate of drug-likeness (QED) is 0.800. The first-order valence-electron chi connectivity index (χ1n) is 6.21. The van der Waals surface area contributed by atoms with Crippen LogP contribution in [0.2, 0.25) is 5.02 Å². The van der Waals surface area contributed by atoms with Gasteiger partial charge in [0.25, 0.3) is 0 Å². The van der Waals surface area contributed by atoms with E-state index in [1.807, 2.05) is 18.2 Å². The van der Waals surface area contributed by atoms with E-state index >= 15 is 0 Å². The second-order valence-corrected chi connectivity index (χ2v) is 6.20. The summed E-state index contributed by atoms with van der Waals surface area (Å²) >= 11 is 9.16. The third-order valence-corrected chi connectivity index (χ3v) is 4.32. The zero-order valence-electron chi connectivity index (χ0n) is 10.4. The minimum absolute atomic E-state index is 0.0831. The Balaban J connectivity index is 1.81. The largest absolute Gasteiger partial charge is 0.378 e. The van der Waals surface area contributed by atoms with Crippen molar-refractivity contribution in [2.24, 2.45) is 0 Å². The smallest absolute Gasteiger partial charge is 0.150 e. The molecule has 0 radical (unpaired) electrons. The summed E-state index contributed by atoms with van der Waals surface area (Å²) < 4.78 is 27.3. The number of hydrogen-bond acceptors (Lipinski definition) is 1.